The monoisotopic (exact) mass is 198 g/mol. The Bertz CT molecular complexity index is 307. The number of Topliss-reactive ketones (excluding diaryl/α,β-unsaturated/α-hetero) is 1. The van der Waals surface area contributed by atoms with Gasteiger partial charge in [0.15, 0.2) is 10.9 Å². The van der Waals surface area contributed by atoms with E-state index in [9.17, 15) is 4.79 Å². The van der Waals surface area contributed by atoms with E-state index in [0.29, 0.717) is 0 Å². The van der Waals surface area contributed by atoms with Crippen LogP contribution in [0.25, 0.3) is 0 Å². The van der Waals surface area contributed by atoms with Gasteiger partial charge in [0, 0.05) is 13.5 Å². The number of nitrogens with one attached hydrogen (secondary N) is 1. The third-order valence-corrected chi connectivity index (χ3v) is 2.86. The highest BCUT2D eigenvalue weighted by molar-refractivity contribution is 7.17. The van der Waals surface area contributed by atoms with Crippen molar-refractivity contribution >= 4 is 22.3 Å². The summed E-state index contributed by atoms with van der Waals surface area (Å²) in [4.78, 5) is 16.1. The average molecular weight is 198 g/mol. The van der Waals surface area contributed by atoms with E-state index in [1.807, 2.05) is 6.92 Å². The standard InChI is InChI=1S/C9H14N2OS/c1-4-5-10-9-11-6(2)8(13-9)7(3)12/h4-5H2,1-3H3,(H,10,11). The number of carbonyl (C=O) groups excluding carboxylic acids is 1. The second-order valence-corrected chi connectivity index (χ2v) is 3.92. The fourth-order valence-electron chi connectivity index (χ4n) is 1.03. The predicted molar refractivity (Wildman–Crippen MR) is 55.6 cm³/mol. The van der Waals surface area contributed by atoms with Crippen molar-refractivity contribution in [2.75, 3.05) is 11.9 Å². The van der Waals surface area contributed by atoms with Crippen molar-refractivity contribution in [2.24, 2.45) is 0 Å². The van der Waals surface area contributed by atoms with E-state index in [1.54, 1.807) is 6.92 Å². The molecule has 0 radical (unpaired) electrons. The number of aromatic nitrogens is 1. The van der Waals surface area contributed by atoms with Crippen LogP contribution in [0.5, 0.6) is 0 Å². The van der Waals surface area contributed by atoms with Crippen molar-refractivity contribution < 1.29 is 4.79 Å². The molecule has 3 nitrogen and oxygen atoms in total. The third kappa shape index (κ3) is 2.52. The molecule has 1 N–H and O–H groups in total. The maximum absolute atomic E-state index is 11.1. The molecule has 0 atom stereocenters. The Morgan fingerprint density at radius 3 is 2.77 bits per heavy atom. The first-order valence-corrected chi connectivity index (χ1v) is 5.19. The smallest absolute Gasteiger partial charge is 0.183 e. The van der Waals surface area contributed by atoms with Crippen molar-refractivity contribution in [3.63, 3.8) is 0 Å². The van der Waals surface area contributed by atoms with Gasteiger partial charge >= 0.3 is 0 Å². The lowest BCUT2D eigenvalue weighted by molar-refractivity contribution is 0.102. The molecule has 0 aromatic carbocycles. The van der Waals surface area contributed by atoms with E-state index >= 15 is 0 Å². The van der Waals surface area contributed by atoms with E-state index in [4.69, 9.17) is 0 Å². The van der Waals surface area contributed by atoms with Gasteiger partial charge in [-0.1, -0.05) is 18.3 Å². The Labute approximate surface area is 82.2 Å². The van der Waals surface area contributed by atoms with Gasteiger partial charge in [0.1, 0.15) is 0 Å². The summed E-state index contributed by atoms with van der Waals surface area (Å²) in [5.74, 6) is 0.0968. The van der Waals surface area contributed by atoms with E-state index in [2.05, 4.69) is 17.2 Å². The van der Waals surface area contributed by atoms with Crippen LogP contribution in [0, 0.1) is 6.92 Å². The molecule has 0 aliphatic carbocycles. The van der Waals surface area contributed by atoms with Crippen LogP contribution in [-0.2, 0) is 0 Å². The highest BCUT2D eigenvalue weighted by Gasteiger charge is 2.10. The van der Waals surface area contributed by atoms with Gasteiger partial charge in [-0.05, 0) is 13.3 Å². The summed E-state index contributed by atoms with van der Waals surface area (Å²) >= 11 is 1.44. The van der Waals surface area contributed by atoms with Gasteiger partial charge in [-0.25, -0.2) is 4.98 Å². The zero-order valence-electron chi connectivity index (χ0n) is 8.18. The minimum Gasteiger partial charge on any atom is -0.362 e. The van der Waals surface area contributed by atoms with Gasteiger partial charge in [0.05, 0.1) is 10.6 Å². The lowest BCUT2D eigenvalue weighted by Gasteiger charge is -1.96. The Kier molecular flexibility index (Phi) is 3.42. The quantitative estimate of drug-likeness (QED) is 0.756. The lowest BCUT2D eigenvalue weighted by Crippen LogP contribution is -1.98. The summed E-state index contributed by atoms with van der Waals surface area (Å²) in [5.41, 5.74) is 0.830. The average Bonchev–Trinajstić information content (AvgIpc) is 2.43. The fraction of sp³-hybridized carbons (Fsp3) is 0.556. The Hall–Kier alpha value is -0.900. The minimum absolute atomic E-state index is 0.0968. The maximum Gasteiger partial charge on any atom is 0.183 e. The van der Waals surface area contributed by atoms with E-state index < -0.39 is 0 Å². The topological polar surface area (TPSA) is 42.0 Å². The molecule has 13 heavy (non-hydrogen) atoms. The molecule has 1 aromatic heterocycles. The molecule has 0 spiro atoms. The molecule has 0 fully saturated rings. The summed E-state index contributed by atoms with van der Waals surface area (Å²) in [7, 11) is 0. The Balaban J connectivity index is 2.76. The molecule has 4 heteroatoms. The van der Waals surface area contributed by atoms with Crippen LogP contribution in [0.4, 0.5) is 5.13 Å². The number of hydrogen-bond donors (Lipinski definition) is 1. The summed E-state index contributed by atoms with van der Waals surface area (Å²) in [5, 5.41) is 4.02. The van der Waals surface area contributed by atoms with Crippen LogP contribution in [0.3, 0.4) is 0 Å². The summed E-state index contributed by atoms with van der Waals surface area (Å²) in [6.07, 6.45) is 1.06. The van der Waals surface area contributed by atoms with Crippen molar-refractivity contribution in [1.82, 2.24) is 4.98 Å². The molecule has 1 aromatic rings. The molecule has 0 bridgehead atoms. The second-order valence-electron chi connectivity index (χ2n) is 2.92. The first-order chi connectivity index (χ1) is 6.15. The van der Waals surface area contributed by atoms with Gasteiger partial charge in [0.25, 0.3) is 0 Å². The minimum atomic E-state index is 0.0968. The third-order valence-electron chi connectivity index (χ3n) is 1.64. The molecule has 1 rings (SSSR count). The van der Waals surface area contributed by atoms with Gasteiger partial charge in [-0.15, -0.1) is 0 Å². The highest BCUT2D eigenvalue weighted by atomic mass is 32.1. The van der Waals surface area contributed by atoms with E-state index in [1.165, 1.54) is 11.3 Å². The SMILES string of the molecule is CCCNc1nc(C)c(C(C)=O)s1. The van der Waals surface area contributed by atoms with Crippen molar-refractivity contribution in [3.05, 3.63) is 10.6 Å². The number of carbonyl (C=O) groups is 1. The lowest BCUT2D eigenvalue weighted by atomic mass is 10.3. The van der Waals surface area contributed by atoms with Gasteiger partial charge in [-0.2, -0.15) is 0 Å². The maximum atomic E-state index is 11.1. The fourth-order valence-corrected chi connectivity index (χ4v) is 1.92. The zero-order valence-corrected chi connectivity index (χ0v) is 8.99. The summed E-state index contributed by atoms with van der Waals surface area (Å²) < 4.78 is 0. The predicted octanol–water partition coefficient (Wildman–Crippen LogP) is 2.48. The van der Waals surface area contributed by atoms with Crippen LogP contribution in [0.2, 0.25) is 0 Å². The van der Waals surface area contributed by atoms with Crippen LogP contribution >= 0.6 is 11.3 Å². The van der Waals surface area contributed by atoms with Crippen LogP contribution in [0.1, 0.15) is 35.6 Å². The van der Waals surface area contributed by atoms with Crippen LogP contribution in [0.15, 0.2) is 0 Å². The van der Waals surface area contributed by atoms with Gasteiger partial charge < -0.3 is 5.32 Å². The number of anilines is 1. The Morgan fingerprint density at radius 1 is 1.62 bits per heavy atom. The number of aryl methyl sites for hydroxylation is 1. The first kappa shape index (κ1) is 10.2. The van der Waals surface area contributed by atoms with Crippen molar-refractivity contribution in [1.29, 1.82) is 0 Å². The van der Waals surface area contributed by atoms with E-state index in [0.717, 1.165) is 28.7 Å². The highest BCUT2D eigenvalue weighted by Crippen LogP contribution is 2.22. The van der Waals surface area contributed by atoms with Crippen LogP contribution < -0.4 is 5.32 Å². The number of hydrogen-bond acceptors (Lipinski definition) is 4. The zero-order chi connectivity index (χ0) is 9.84. The first-order valence-electron chi connectivity index (χ1n) is 4.37. The van der Waals surface area contributed by atoms with E-state index in [-0.39, 0.29) is 5.78 Å². The number of thiazole rings is 1. The molecule has 0 saturated carbocycles. The number of nitrogens with zero attached hydrogens (tertiary/aromatic N) is 1. The molecule has 0 aliphatic heterocycles. The largest absolute Gasteiger partial charge is 0.362 e. The molecule has 0 aliphatic rings. The molecule has 1 heterocycles. The van der Waals surface area contributed by atoms with Crippen LogP contribution in [-0.4, -0.2) is 17.3 Å². The number of ketones is 1. The molecular weight excluding hydrogens is 184 g/mol. The molecular formula is C9H14N2OS. The van der Waals surface area contributed by atoms with Crippen molar-refractivity contribution in [3.8, 4) is 0 Å². The summed E-state index contributed by atoms with van der Waals surface area (Å²) in [6.45, 7) is 6.44. The van der Waals surface area contributed by atoms with Gasteiger partial charge in [-0.3, -0.25) is 4.79 Å². The summed E-state index contributed by atoms with van der Waals surface area (Å²) in [6, 6.07) is 0. The second kappa shape index (κ2) is 4.37. The molecule has 0 amide bonds. The molecule has 0 unspecified atom stereocenters. The molecule has 0 saturated heterocycles. The number of rotatable bonds is 4. The van der Waals surface area contributed by atoms with Gasteiger partial charge in [0.2, 0.25) is 0 Å². The van der Waals surface area contributed by atoms with Crippen molar-refractivity contribution in [2.45, 2.75) is 27.2 Å². The Morgan fingerprint density at radius 2 is 2.31 bits per heavy atom. The normalized spacial score (nSPS) is 10.1. The molecule has 72 valence electrons.